The van der Waals surface area contributed by atoms with Crippen molar-refractivity contribution >= 4 is 20.1 Å². The quantitative estimate of drug-likeness (QED) is 0.222. The van der Waals surface area contributed by atoms with Gasteiger partial charge in [-0.15, -0.1) is 0 Å². The number of hydrogen-bond donors (Lipinski definition) is 0. The van der Waals surface area contributed by atoms with Gasteiger partial charge in [0.2, 0.25) is 0 Å². The van der Waals surface area contributed by atoms with Crippen molar-refractivity contribution in [3.63, 3.8) is 0 Å². The van der Waals surface area contributed by atoms with Crippen LogP contribution in [0.2, 0.25) is 19.6 Å². The molecule has 23 heavy (non-hydrogen) atoms. The molecule has 0 aromatic heterocycles. The maximum Gasteiger partial charge on any atom is 0.320 e. The summed E-state index contributed by atoms with van der Waals surface area (Å²) in [4.78, 5) is 24.9. The van der Waals surface area contributed by atoms with Gasteiger partial charge in [0, 0.05) is 18.3 Å². The molecule has 0 heterocycles. The first-order valence-electron chi connectivity index (χ1n) is 8.75. The summed E-state index contributed by atoms with van der Waals surface area (Å²) in [5.41, 5.74) is -0.958. The molecule has 0 bridgehead atoms. The molecule has 0 aromatic carbocycles. The Hall–Kier alpha value is -0.943. The molecular weight excluding hydrogens is 308 g/mol. The van der Waals surface area contributed by atoms with Crippen LogP contribution in [-0.4, -0.2) is 33.3 Å². The van der Waals surface area contributed by atoms with Crippen LogP contribution in [-0.2, 0) is 18.8 Å². The minimum Gasteiger partial charge on any atom is -0.468 e. The number of ether oxygens (including phenoxy) is 1. The Kier molecular flexibility index (Phi) is 5.51. The molecular formula is C18H30O4Si. The minimum absolute atomic E-state index is 0.000748. The summed E-state index contributed by atoms with van der Waals surface area (Å²) in [5.74, 6) is -0.450. The van der Waals surface area contributed by atoms with Crippen molar-refractivity contribution in [2.45, 2.75) is 64.8 Å². The molecule has 0 aromatic rings. The Morgan fingerprint density at radius 3 is 2.61 bits per heavy atom. The molecule has 4 nitrogen and oxygen atoms in total. The van der Waals surface area contributed by atoms with Crippen LogP contribution in [0.25, 0.3) is 0 Å². The van der Waals surface area contributed by atoms with Gasteiger partial charge in [0.15, 0.2) is 14.1 Å². The predicted octanol–water partition coefficient (Wildman–Crippen LogP) is 3.72. The fraction of sp³-hybridized carbons (Fsp3) is 0.778. The molecule has 2 saturated carbocycles. The summed E-state index contributed by atoms with van der Waals surface area (Å²) in [6.07, 6.45) is 8.97. The van der Waals surface area contributed by atoms with Crippen LogP contribution in [0.4, 0.5) is 0 Å². The standard InChI is InChI=1S/C18H30O4Si/c1-6-7-8-9-10-11-13-16-14(22-23(3,4)5)12-15(19)18(13,16)17(20)21-2/h10-11,13-14,16H,6-9,12H2,1-5H3. The van der Waals surface area contributed by atoms with E-state index in [1.54, 1.807) is 0 Å². The molecule has 0 spiro atoms. The van der Waals surface area contributed by atoms with Gasteiger partial charge < -0.3 is 9.16 Å². The van der Waals surface area contributed by atoms with E-state index in [2.05, 4.69) is 38.7 Å². The van der Waals surface area contributed by atoms with Crippen molar-refractivity contribution in [3.8, 4) is 0 Å². The average Bonchev–Trinajstić information content (AvgIpc) is 3.05. The SMILES string of the molecule is CCCCCC=CC1C2C(O[Si](C)(C)C)CC(=O)C12C(=O)OC. The highest BCUT2D eigenvalue weighted by Crippen LogP contribution is 2.68. The largest absolute Gasteiger partial charge is 0.468 e. The number of methoxy groups -OCH3 is 1. The first kappa shape index (κ1) is 18.4. The average molecular weight is 339 g/mol. The second-order valence-electron chi connectivity index (χ2n) is 7.73. The summed E-state index contributed by atoms with van der Waals surface area (Å²) in [6, 6.07) is 0. The van der Waals surface area contributed by atoms with Crippen LogP contribution in [0, 0.1) is 17.3 Å². The van der Waals surface area contributed by atoms with E-state index >= 15 is 0 Å². The predicted molar refractivity (Wildman–Crippen MR) is 92.6 cm³/mol. The number of fused-ring (bicyclic) bond motifs is 1. The lowest BCUT2D eigenvalue weighted by atomic mass is 9.97. The van der Waals surface area contributed by atoms with Gasteiger partial charge in [-0.2, -0.15) is 0 Å². The van der Waals surface area contributed by atoms with Gasteiger partial charge in [0.05, 0.1) is 13.2 Å². The Balaban J connectivity index is 2.12. The maximum atomic E-state index is 12.6. The summed E-state index contributed by atoms with van der Waals surface area (Å²) >= 11 is 0. The fourth-order valence-corrected chi connectivity index (χ4v) is 5.11. The molecule has 5 heteroatoms. The second kappa shape index (κ2) is 6.89. The number of unbranched alkanes of at least 4 members (excludes halogenated alkanes) is 3. The number of Topliss-reactive ketones (excluding diaryl/α,β-unsaturated/α-hetero) is 1. The highest BCUT2D eigenvalue weighted by Gasteiger charge is 2.80. The van der Waals surface area contributed by atoms with Crippen molar-refractivity contribution in [1.82, 2.24) is 0 Å². The lowest BCUT2D eigenvalue weighted by Gasteiger charge is -2.24. The molecule has 4 atom stereocenters. The lowest BCUT2D eigenvalue weighted by molar-refractivity contribution is -0.151. The van der Waals surface area contributed by atoms with E-state index in [-0.39, 0.29) is 29.7 Å². The van der Waals surface area contributed by atoms with Crippen molar-refractivity contribution in [3.05, 3.63) is 12.2 Å². The Labute approximate surface area is 140 Å². The molecule has 0 radical (unpaired) electrons. The molecule has 2 aliphatic rings. The minimum atomic E-state index is -1.75. The molecule has 130 valence electrons. The monoisotopic (exact) mass is 338 g/mol. The topological polar surface area (TPSA) is 52.6 Å². The van der Waals surface area contributed by atoms with Crippen molar-refractivity contribution in [2.24, 2.45) is 17.3 Å². The van der Waals surface area contributed by atoms with Gasteiger partial charge in [0.25, 0.3) is 0 Å². The van der Waals surface area contributed by atoms with E-state index in [9.17, 15) is 9.59 Å². The fourth-order valence-electron chi connectivity index (χ4n) is 3.97. The number of allylic oxidation sites excluding steroid dienone is 2. The Morgan fingerprint density at radius 1 is 1.35 bits per heavy atom. The summed E-state index contributed by atoms with van der Waals surface area (Å²) in [5, 5.41) is 0. The lowest BCUT2D eigenvalue weighted by Crippen LogP contribution is -2.33. The molecule has 0 saturated heterocycles. The number of esters is 1. The van der Waals surface area contributed by atoms with Crippen LogP contribution in [0.15, 0.2) is 12.2 Å². The number of carbonyl (C=O) groups is 2. The molecule has 0 N–H and O–H groups in total. The van der Waals surface area contributed by atoms with E-state index in [0.717, 1.165) is 12.8 Å². The van der Waals surface area contributed by atoms with E-state index in [0.29, 0.717) is 6.42 Å². The smallest absolute Gasteiger partial charge is 0.320 e. The Bertz CT molecular complexity index is 494. The third-order valence-corrected chi connectivity index (χ3v) is 5.93. The van der Waals surface area contributed by atoms with Gasteiger partial charge in [-0.1, -0.05) is 31.9 Å². The number of carbonyl (C=O) groups excluding carboxylic acids is 2. The number of ketones is 1. The van der Waals surface area contributed by atoms with E-state index < -0.39 is 13.7 Å². The van der Waals surface area contributed by atoms with E-state index in [1.165, 1.54) is 20.0 Å². The Morgan fingerprint density at radius 2 is 2.04 bits per heavy atom. The summed E-state index contributed by atoms with van der Waals surface area (Å²) in [6.45, 7) is 8.53. The normalized spacial score (nSPS) is 33.1. The maximum absolute atomic E-state index is 12.6. The van der Waals surface area contributed by atoms with E-state index in [4.69, 9.17) is 9.16 Å². The van der Waals surface area contributed by atoms with Crippen LogP contribution < -0.4 is 0 Å². The highest BCUT2D eigenvalue weighted by molar-refractivity contribution is 6.69. The first-order chi connectivity index (χ1) is 10.8. The summed E-state index contributed by atoms with van der Waals surface area (Å²) in [7, 11) is -0.382. The molecule has 2 aliphatic carbocycles. The zero-order chi connectivity index (χ0) is 17.3. The number of hydrogen-bond acceptors (Lipinski definition) is 4. The highest BCUT2D eigenvalue weighted by atomic mass is 28.4. The molecule has 2 fully saturated rings. The third-order valence-electron chi connectivity index (χ3n) is 4.92. The summed E-state index contributed by atoms with van der Waals surface area (Å²) < 4.78 is 11.2. The van der Waals surface area contributed by atoms with Gasteiger partial charge in [-0.25, -0.2) is 0 Å². The van der Waals surface area contributed by atoms with Gasteiger partial charge in [0.1, 0.15) is 5.41 Å². The molecule has 0 aliphatic heterocycles. The van der Waals surface area contributed by atoms with Gasteiger partial charge in [-0.3, -0.25) is 9.59 Å². The van der Waals surface area contributed by atoms with Crippen molar-refractivity contribution in [1.29, 1.82) is 0 Å². The molecule has 0 amide bonds. The van der Waals surface area contributed by atoms with Gasteiger partial charge >= 0.3 is 5.97 Å². The van der Waals surface area contributed by atoms with Crippen molar-refractivity contribution < 1.29 is 18.8 Å². The second-order valence-corrected chi connectivity index (χ2v) is 12.2. The number of rotatable bonds is 8. The zero-order valence-electron chi connectivity index (χ0n) is 15.1. The molecule has 2 rings (SSSR count). The third kappa shape index (κ3) is 3.45. The van der Waals surface area contributed by atoms with Crippen LogP contribution in [0.1, 0.15) is 39.0 Å². The van der Waals surface area contributed by atoms with Crippen LogP contribution in [0.5, 0.6) is 0 Å². The molecule has 4 unspecified atom stereocenters. The van der Waals surface area contributed by atoms with Gasteiger partial charge in [-0.05, 0) is 32.5 Å². The van der Waals surface area contributed by atoms with Crippen LogP contribution in [0.3, 0.4) is 0 Å². The van der Waals surface area contributed by atoms with E-state index in [1.807, 2.05) is 0 Å². The van der Waals surface area contributed by atoms with Crippen LogP contribution >= 0.6 is 0 Å². The zero-order valence-corrected chi connectivity index (χ0v) is 16.1. The van der Waals surface area contributed by atoms with Crippen molar-refractivity contribution in [2.75, 3.05) is 7.11 Å². The first-order valence-corrected chi connectivity index (χ1v) is 12.2.